The quantitative estimate of drug-likeness (QED) is 0.0584. The van der Waals surface area contributed by atoms with Crippen LogP contribution in [0.5, 0.6) is 0 Å². The number of thioether (sulfide) groups is 1. The number of hydrogen-bond acceptors (Lipinski definition) is 13. The summed E-state index contributed by atoms with van der Waals surface area (Å²) in [7, 11) is 0. The van der Waals surface area contributed by atoms with Gasteiger partial charge < -0.3 is 32.5 Å². The minimum Gasteiger partial charge on any atom is -0.478 e. The normalized spacial score (nSPS) is 19.8. The van der Waals surface area contributed by atoms with Crippen molar-refractivity contribution in [1.82, 2.24) is 24.8 Å². The van der Waals surface area contributed by atoms with Gasteiger partial charge in [-0.3, -0.25) is 23.9 Å². The van der Waals surface area contributed by atoms with Gasteiger partial charge in [0.1, 0.15) is 33.5 Å². The number of nitrogen functional groups attached to an aromatic ring is 2. The smallest absolute Gasteiger partial charge is 0.351 e. The predicted octanol–water partition coefficient (Wildman–Crippen LogP) is -0.308. The molecule has 5 rings (SSSR count). The maximum atomic E-state index is 13.3. The highest BCUT2D eigenvalue weighted by molar-refractivity contribution is 8.00. The number of amides is 2. The molecule has 0 radical (unpaired) electrons. The van der Waals surface area contributed by atoms with E-state index in [1.165, 1.54) is 23.6 Å². The molecule has 0 spiro atoms. The van der Waals surface area contributed by atoms with Gasteiger partial charge in [-0.25, -0.2) is 14.3 Å². The van der Waals surface area contributed by atoms with Gasteiger partial charge in [0, 0.05) is 23.9 Å². The number of aldehydes is 1. The number of imidazole rings is 1. The number of rotatable bonds is 11. The Kier molecular flexibility index (Phi) is 8.78. The fourth-order valence-corrected chi connectivity index (χ4v) is 7.01. The molecule has 19 heteroatoms. The third-order valence-corrected chi connectivity index (χ3v) is 9.25. The zero-order chi connectivity index (χ0) is 31.9. The van der Waals surface area contributed by atoms with Crippen LogP contribution in [0.15, 0.2) is 34.8 Å². The molecule has 1 fully saturated rings. The van der Waals surface area contributed by atoms with E-state index in [0.29, 0.717) is 35.8 Å². The summed E-state index contributed by atoms with van der Waals surface area (Å²) < 4.78 is 3.68. The number of aliphatic carboxylic acids is 1. The molecule has 0 aromatic carbocycles. The van der Waals surface area contributed by atoms with Crippen molar-refractivity contribution in [2.24, 2.45) is 10.9 Å². The number of carbonyl (C=O) groups is 4. The van der Waals surface area contributed by atoms with E-state index in [-0.39, 0.29) is 33.4 Å². The Morgan fingerprint density at radius 2 is 2.11 bits per heavy atom. The molecule has 8 N–H and O–H groups in total. The number of nitrogens with one attached hydrogen (secondary N) is 1. The van der Waals surface area contributed by atoms with Crippen LogP contribution in [0.3, 0.4) is 0 Å². The molecule has 2 aliphatic heterocycles. The Hall–Kier alpha value is -4.26. The fraction of sp³-hybridized carbons (Fsp3) is 0.360. The lowest BCUT2D eigenvalue weighted by Gasteiger charge is -2.49. The first kappa shape index (κ1) is 31.2. The van der Waals surface area contributed by atoms with Crippen LogP contribution >= 0.6 is 34.7 Å². The molecule has 16 nitrogen and oxygen atoms in total. The standard InChI is InChI=1S/C25H27ClN10O6S2/c1-10(27)6-35-13-4-3-5-34(19(13)32-24(35)28)7-12-9-43-22-17(21(39)36(22)14(12)8-37)30-20(38)16(33-42-11(2)23(40)41)15-18(26)44-25(29)31-15/h3-5,8,10-11,17,22,28H,6-7,9,27H2,1-2H3,(H4,29,30,31,38,40,41)/p+1/b33-16-/t10?,11-,17?,22?/m0/s1. The molecule has 232 valence electrons. The van der Waals surface area contributed by atoms with E-state index in [9.17, 15) is 19.2 Å². The number of fused-ring (bicyclic) bond motifs is 2. The van der Waals surface area contributed by atoms with Crippen molar-refractivity contribution >= 4 is 86.7 Å². The van der Waals surface area contributed by atoms with Crippen LogP contribution in [-0.4, -0.2) is 83.6 Å². The number of halogens is 1. The summed E-state index contributed by atoms with van der Waals surface area (Å²) in [5.74, 6) is -2.04. The maximum absolute atomic E-state index is 13.3. The molecule has 0 bridgehead atoms. The second-order valence-corrected chi connectivity index (χ2v) is 12.8. The van der Waals surface area contributed by atoms with Crippen LogP contribution in [0.25, 0.3) is 11.2 Å². The maximum Gasteiger partial charge on any atom is 0.351 e. The third kappa shape index (κ3) is 5.80. The molecule has 0 saturated carbocycles. The highest BCUT2D eigenvalue weighted by Crippen LogP contribution is 2.40. The molecule has 3 unspecified atom stereocenters. The van der Waals surface area contributed by atoms with Gasteiger partial charge in [0.05, 0.1) is 11.9 Å². The number of β-lactam (4-membered cyclic amide) rings is 1. The third-order valence-electron chi connectivity index (χ3n) is 6.82. The molecule has 2 aliphatic rings. The van der Waals surface area contributed by atoms with E-state index < -0.39 is 41.0 Å². The van der Waals surface area contributed by atoms with Crippen molar-refractivity contribution in [3.63, 3.8) is 0 Å². The zero-order valence-corrected chi connectivity index (χ0v) is 25.7. The summed E-state index contributed by atoms with van der Waals surface area (Å²) in [6.07, 6.45) is 1.04. The molecule has 0 aliphatic carbocycles. The summed E-state index contributed by atoms with van der Waals surface area (Å²) in [6, 6.07) is 2.54. The summed E-state index contributed by atoms with van der Waals surface area (Å²) >= 11 is 8.41. The number of hydrogen-bond donors (Lipinski definition) is 5. The number of carboxylic acids is 1. The van der Waals surface area contributed by atoms with Crippen LogP contribution in [0, 0.1) is 0 Å². The lowest BCUT2D eigenvalue weighted by atomic mass is 10.0. The first-order valence-electron chi connectivity index (χ1n) is 13.1. The van der Waals surface area contributed by atoms with Gasteiger partial charge in [0.2, 0.25) is 6.10 Å². The minimum absolute atomic E-state index is 0.0176. The van der Waals surface area contributed by atoms with Crippen molar-refractivity contribution in [2.75, 3.05) is 17.2 Å². The van der Waals surface area contributed by atoms with E-state index in [4.69, 9.17) is 38.7 Å². The largest absolute Gasteiger partial charge is 0.478 e. The Balaban J connectivity index is 1.37. The van der Waals surface area contributed by atoms with Crippen LogP contribution in [0.1, 0.15) is 19.5 Å². The van der Waals surface area contributed by atoms with Crippen LogP contribution in [-0.2, 0) is 37.1 Å². The van der Waals surface area contributed by atoms with Gasteiger partial charge in [-0.15, -0.1) is 11.8 Å². The fourth-order valence-electron chi connectivity index (χ4n) is 4.73. The molecule has 44 heavy (non-hydrogen) atoms. The molecule has 4 atom stereocenters. The molecule has 1 saturated heterocycles. The van der Waals surface area contributed by atoms with Crippen LogP contribution in [0.2, 0.25) is 4.34 Å². The van der Waals surface area contributed by atoms with Crippen molar-refractivity contribution in [3.8, 4) is 0 Å². The van der Waals surface area contributed by atoms with Crippen LogP contribution in [0.4, 0.5) is 11.1 Å². The van der Waals surface area contributed by atoms with E-state index in [0.717, 1.165) is 16.9 Å². The Morgan fingerprint density at radius 1 is 1.36 bits per heavy atom. The number of aromatic nitrogens is 4. The van der Waals surface area contributed by atoms with Crippen molar-refractivity contribution < 1.29 is 33.7 Å². The number of thiazole rings is 1. The van der Waals surface area contributed by atoms with E-state index in [2.05, 4.69) is 20.4 Å². The number of nitrogens with zero attached hydrogens (tertiary/aromatic N) is 6. The molecule has 3 aromatic rings. The van der Waals surface area contributed by atoms with E-state index in [1.54, 1.807) is 0 Å². The minimum atomic E-state index is -1.39. The number of nitrogens with two attached hydrogens (primary N) is 3. The lowest BCUT2D eigenvalue weighted by Crippen LogP contribution is -2.70. The summed E-state index contributed by atoms with van der Waals surface area (Å²) in [6.45, 7) is 3.82. The molecule has 2 amide bonds. The van der Waals surface area contributed by atoms with Gasteiger partial charge in [-0.05, 0) is 31.0 Å². The first-order valence-corrected chi connectivity index (χ1v) is 15.4. The Morgan fingerprint density at radius 3 is 2.75 bits per heavy atom. The van der Waals surface area contributed by atoms with Gasteiger partial charge in [0.15, 0.2) is 17.1 Å². The highest BCUT2D eigenvalue weighted by Gasteiger charge is 2.53. The summed E-state index contributed by atoms with van der Waals surface area (Å²) in [5, 5.41) is 14.8. The zero-order valence-electron chi connectivity index (χ0n) is 23.3. The Labute approximate surface area is 262 Å². The SMILES string of the molecule is CC(N)Cn1c(N)nc2c1ccc[n+]2CC1=C(C=O)N2C(=O)C(NC(=O)/C(=N\O[C@@H](C)C(=O)O)c3nc(N)sc3Cl)C2SC1. The average Bonchev–Trinajstić information content (AvgIpc) is 3.48. The number of carbonyl (C=O) groups excluding carboxylic acids is 3. The number of anilines is 2. The Bertz CT molecular complexity index is 1740. The molecule has 3 aromatic heterocycles. The molecule has 5 heterocycles. The van der Waals surface area contributed by atoms with Crippen molar-refractivity contribution in [3.05, 3.63) is 39.6 Å². The number of carboxylic acid groups (broad SMARTS) is 1. The topological polar surface area (TPSA) is 238 Å². The number of allylic oxidation sites excluding steroid dienone is 1. The number of oxime groups is 1. The van der Waals surface area contributed by atoms with Gasteiger partial charge in [-0.2, -0.15) is 0 Å². The van der Waals surface area contributed by atoms with Crippen LogP contribution < -0.4 is 27.1 Å². The highest BCUT2D eigenvalue weighted by atomic mass is 35.5. The second-order valence-electron chi connectivity index (χ2n) is 10.1. The van der Waals surface area contributed by atoms with Gasteiger partial charge >= 0.3 is 17.6 Å². The van der Waals surface area contributed by atoms with Gasteiger partial charge in [0.25, 0.3) is 11.8 Å². The van der Waals surface area contributed by atoms with Gasteiger partial charge in [-0.1, -0.05) is 28.1 Å². The van der Waals surface area contributed by atoms with Crippen molar-refractivity contribution in [1.29, 1.82) is 0 Å². The molecular weight excluding hydrogens is 636 g/mol. The summed E-state index contributed by atoms with van der Waals surface area (Å²) in [4.78, 5) is 64.8. The number of pyridine rings is 1. The second kappa shape index (κ2) is 12.4. The predicted molar refractivity (Wildman–Crippen MR) is 162 cm³/mol. The first-order chi connectivity index (χ1) is 20.9. The van der Waals surface area contributed by atoms with E-state index in [1.807, 2.05) is 34.4 Å². The molecular formula is C25H28ClN10O6S2+. The monoisotopic (exact) mass is 663 g/mol. The summed E-state index contributed by atoms with van der Waals surface area (Å²) in [5.41, 5.74) is 19.5. The lowest BCUT2D eigenvalue weighted by molar-refractivity contribution is -0.664. The van der Waals surface area contributed by atoms with Crippen molar-refractivity contribution in [2.45, 2.75) is 50.5 Å². The average molecular weight is 664 g/mol. The van der Waals surface area contributed by atoms with E-state index >= 15 is 0 Å².